The lowest BCUT2D eigenvalue weighted by Gasteiger charge is -2.20. The molecule has 5 heteroatoms. The highest BCUT2D eigenvalue weighted by molar-refractivity contribution is 5.24. The first-order valence-corrected chi connectivity index (χ1v) is 5.88. The summed E-state index contributed by atoms with van der Waals surface area (Å²) < 4.78 is 41.5. The minimum Gasteiger partial charge on any atom is -0.363 e. The number of halogens is 3. The van der Waals surface area contributed by atoms with Gasteiger partial charge in [-0.3, -0.25) is 0 Å². The molecule has 0 amide bonds. The first-order valence-electron chi connectivity index (χ1n) is 5.88. The predicted molar refractivity (Wildman–Crippen MR) is 64.5 cm³/mol. The maximum atomic E-state index is 12.2. The van der Waals surface area contributed by atoms with Crippen LogP contribution in [0.3, 0.4) is 0 Å². The standard InChI is InChI=1S/C13H18F3NO/c1-3-17-8-12(18-9-13(14,15)16)11-6-4-5-10(2)7-11/h4-7,12,17H,3,8-9H2,1-2H3. The summed E-state index contributed by atoms with van der Waals surface area (Å²) >= 11 is 0. The quantitative estimate of drug-likeness (QED) is 0.849. The van der Waals surface area contributed by atoms with Crippen LogP contribution in [-0.2, 0) is 4.74 Å². The molecule has 0 spiro atoms. The number of likely N-dealkylation sites (N-methyl/N-ethyl adjacent to an activating group) is 1. The molecule has 1 rings (SSSR count). The van der Waals surface area contributed by atoms with Gasteiger partial charge in [0, 0.05) is 6.54 Å². The molecule has 0 aliphatic carbocycles. The molecule has 0 fully saturated rings. The number of rotatable bonds is 6. The van der Waals surface area contributed by atoms with Crippen molar-refractivity contribution in [1.82, 2.24) is 5.32 Å². The van der Waals surface area contributed by atoms with E-state index in [2.05, 4.69) is 5.32 Å². The third-order valence-electron chi connectivity index (χ3n) is 2.44. The van der Waals surface area contributed by atoms with Crippen molar-refractivity contribution in [1.29, 1.82) is 0 Å². The average Bonchev–Trinajstić information content (AvgIpc) is 2.28. The Hall–Kier alpha value is -1.07. The van der Waals surface area contributed by atoms with Crippen LogP contribution in [0.1, 0.15) is 24.2 Å². The van der Waals surface area contributed by atoms with Crippen LogP contribution in [0.15, 0.2) is 24.3 Å². The van der Waals surface area contributed by atoms with Crippen LogP contribution in [0.5, 0.6) is 0 Å². The Morgan fingerprint density at radius 1 is 1.33 bits per heavy atom. The van der Waals surface area contributed by atoms with E-state index < -0.39 is 18.9 Å². The Bertz CT molecular complexity index is 365. The number of hydrogen-bond acceptors (Lipinski definition) is 2. The molecule has 2 nitrogen and oxygen atoms in total. The predicted octanol–water partition coefficient (Wildman–Crippen LogP) is 3.22. The molecule has 1 N–H and O–H groups in total. The molecule has 102 valence electrons. The van der Waals surface area contributed by atoms with E-state index in [0.717, 1.165) is 11.1 Å². The van der Waals surface area contributed by atoms with E-state index in [9.17, 15) is 13.2 Å². The van der Waals surface area contributed by atoms with Crippen molar-refractivity contribution in [2.75, 3.05) is 19.7 Å². The molecule has 1 atom stereocenters. The first kappa shape index (κ1) is 15.0. The molecule has 0 aliphatic heterocycles. The molecule has 1 aromatic carbocycles. The highest BCUT2D eigenvalue weighted by atomic mass is 19.4. The van der Waals surface area contributed by atoms with Crippen LogP contribution in [0.2, 0.25) is 0 Å². The Morgan fingerprint density at radius 3 is 2.61 bits per heavy atom. The van der Waals surface area contributed by atoms with E-state index in [1.54, 1.807) is 6.07 Å². The number of alkyl halides is 3. The molecule has 0 bridgehead atoms. The second-order valence-corrected chi connectivity index (χ2v) is 4.14. The molecule has 0 radical (unpaired) electrons. The fourth-order valence-electron chi connectivity index (χ4n) is 1.61. The topological polar surface area (TPSA) is 21.3 Å². The number of hydrogen-bond donors (Lipinski definition) is 1. The zero-order chi connectivity index (χ0) is 13.6. The van der Waals surface area contributed by atoms with Gasteiger partial charge >= 0.3 is 6.18 Å². The molecular formula is C13H18F3NO. The monoisotopic (exact) mass is 261 g/mol. The fourth-order valence-corrected chi connectivity index (χ4v) is 1.61. The van der Waals surface area contributed by atoms with E-state index in [-0.39, 0.29) is 0 Å². The first-order chi connectivity index (χ1) is 8.42. The lowest BCUT2D eigenvalue weighted by atomic mass is 10.1. The van der Waals surface area contributed by atoms with E-state index in [1.165, 1.54) is 0 Å². The zero-order valence-corrected chi connectivity index (χ0v) is 10.6. The van der Waals surface area contributed by atoms with Crippen molar-refractivity contribution >= 4 is 0 Å². The Kier molecular flexibility index (Phi) is 5.62. The van der Waals surface area contributed by atoms with Crippen molar-refractivity contribution in [2.24, 2.45) is 0 Å². The second-order valence-electron chi connectivity index (χ2n) is 4.14. The van der Waals surface area contributed by atoms with Crippen LogP contribution < -0.4 is 5.32 Å². The zero-order valence-electron chi connectivity index (χ0n) is 10.6. The van der Waals surface area contributed by atoms with Gasteiger partial charge in [-0.15, -0.1) is 0 Å². The van der Waals surface area contributed by atoms with E-state index >= 15 is 0 Å². The molecule has 0 saturated carbocycles. The lowest BCUT2D eigenvalue weighted by molar-refractivity contribution is -0.185. The summed E-state index contributed by atoms with van der Waals surface area (Å²) in [6, 6.07) is 7.35. The van der Waals surface area contributed by atoms with Crippen molar-refractivity contribution in [3.8, 4) is 0 Å². The molecule has 1 unspecified atom stereocenters. The van der Waals surface area contributed by atoms with Crippen molar-refractivity contribution < 1.29 is 17.9 Å². The smallest absolute Gasteiger partial charge is 0.363 e. The second kappa shape index (κ2) is 6.75. The maximum Gasteiger partial charge on any atom is 0.411 e. The van der Waals surface area contributed by atoms with Gasteiger partial charge in [0.2, 0.25) is 0 Å². The third-order valence-corrected chi connectivity index (χ3v) is 2.44. The van der Waals surface area contributed by atoms with E-state index in [0.29, 0.717) is 13.1 Å². The van der Waals surface area contributed by atoms with Gasteiger partial charge in [-0.05, 0) is 19.0 Å². The largest absolute Gasteiger partial charge is 0.411 e. The summed E-state index contributed by atoms with van der Waals surface area (Å²) in [6.07, 6.45) is -4.87. The highest BCUT2D eigenvalue weighted by Crippen LogP contribution is 2.22. The van der Waals surface area contributed by atoms with Crippen LogP contribution in [-0.4, -0.2) is 25.9 Å². The van der Waals surface area contributed by atoms with Crippen LogP contribution in [0.25, 0.3) is 0 Å². The van der Waals surface area contributed by atoms with Crippen molar-refractivity contribution in [3.63, 3.8) is 0 Å². The summed E-state index contributed by atoms with van der Waals surface area (Å²) in [6.45, 7) is 3.64. The normalized spacial score (nSPS) is 13.6. The van der Waals surface area contributed by atoms with Gasteiger partial charge in [-0.25, -0.2) is 0 Å². The van der Waals surface area contributed by atoms with E-state index in [1.807, 2.05) is 32.0 Å². The molecule has 1 aromatic rings. The molecular weight excluding hydrogens is 243 g/mol. The lowest BCUT2D eigenvalue weighted by Crippen LogP contribution is -2.27. The molecule has 0 saturated heterocycles. The molecule has 0 aliphatic rings. The van der Waals surface area contributed by atoms with Gasteiger partial charge in [0.15, 0.2) is 0 Å². The van der Waals surface area contributed by atoms with E-state index in [4.69, 9.17) is 4.74 Å². The van der Waals surface area contributed by atoms with Gasteiger partial charge in [0.05, 0.1) is 6.10 Å². The Labute approximate surface area is 105 Å². The number of benzene rings is 1. The van der Waals surface area contributed by atoms with Crippen molar-refractivity contribution in [2.45, 2.75) is 26.1 Å². The summed E-state index contributed by atoms with van der Waals surface area (Å²) in [7, 11) is 0. The maximum absolute atomic E-state index is 12.2. The summed E-state index contributed by atoms with van der Waals surface area (Å²) in [5.74, 6) is 0. The van der Waals surface area contributed by atoms with Gasteiger partial charge < -0.3 is 10.1 Å². The number of aryl methyl sites for hydroxylation is 1. The number of nitrogens with one attached hydrogen (secondary N) is 1. The van der Waals surface area contributed by atoms with Gasteiger partial charge in [0.25, 0.3) is 0 Å². The highest BCUT2D eigenvalue weighted by Gasteiger charge is 2.29. The van der Waals surface area contributed by atoms with Crippen LogP contribution in [0, 0.1) is 6.92 Å². The molecule has 0 aromatic heterocycles. The van der Waals surface area contributed by atoms with Crippen LogP contribution >= 0.6 is 0 Å². The minimum atomic E-state index is -4.30. The van der Waals surface area contributed by atoms with Crippen molar-refractivity contribution in [3.05, 3.63) is 35.4 Å². The van der Waals surface area contributed by atoms with Gasteiger partial charge in [-0.2, -0.15) is 13.2 Å². The minimum absolute atomic E-state index is 0.371. The SMILES string of the molecule is CCNCC(OCC(F)(F)F)c1cccc(C)c1. The summed E-state index contributed by atoms with van der Waals surface area (Å²) in [5, 5.41) is 3.01. The average molecular weight is 261 g/mol. The molecule has 18 heavy (non-hydrogen) atoms. The Balaban J connectivity index is 2.71. The summed E-state index contributed by atoms with van der Waals surface area (Å²) in [5.41, 5.74) is 1.77. The summed E-state index contributed by atoms with van der Waals surface area (Å²) in [4.78, 5) is 0. The Morgan fingerprint density at radius 2 is 2.06 bits per heavy atom. The molecule has 0 heterocycles. The van der Waals surface area contributed by atoms with Crippen LogP contribution in [0.4, 0.5) is 13.2 Å². The number of ether oxygens (including phenoxy) is 1. The van der Waals surface area contributed by atoms with Gasteiger partial charge in [0.1, 0.15) is 6.61 Å². The van der Waals surface area contributed by atoms with Gasteiger partial charge in [-0.1, -0.05) is 36.8 Å². The third kappa shape index (κ3) is 5.51. The fraction of sp³-hybridized carbons (Fsp3) is 0.538.